The van der Waals surface area contributed by atoms with E-state index >= 15 is 0 Å². The van der Waals surface area contributed by atoms with Gasteiger partial charge in [-0.15, -0.1) is 0 Å². The zero-order valence-corrected chi connectivity index (χ0v) is 12.5. The average molecular weight is 374 g/mol. The van der Waals surface area contributed by atoms with Gasteiger partial charge in [0.2, 0.25) is 5.95 Å². The Morgan fingerprint density at radius 1 is 0.769 bits per heavy atom. The summed E-state index contributed by atoms with van der Waals surface area (Å²) in [5, 5.41) is 0. The minimum Gasteiger partial charge on any atom is -0.382 e. The number of hydrogen-bond donors (Lipinski definition) is 2. The van der Waals surface area contributed by atoms with E-state index in [0.29, 0.717) is 12.1 Å². The fraction of sp³-hybridized carbons (Fsp3) is 0.143. The van der Waals surface area contributed by atoms with E-state index < -0.39 is 29.0 Å². The molecule has 6 nitrogen and oxygen atoms in total. The van der Waals surface area contributed by atoms with E-state index in [4.69, 9.17) is 11.5 Å². The Balaban J connectivity index is 2.24. The van der Waals surface area contributed by atoms with Crippen molar-refractivity contribution in [3.05, 3.63) is 35.5 Å². The van der Waals surface area contributed by atoms with Gasteiger partial charge < -0.3 is 11.5 Å². The standard InChI is InChI=1S/C14H8F6N6/c15-13(16,17)6-1-5(2-7(3-6)14(18,19)20)8-4-23-11-9(24-8)10(21)25-12(22)26-11/h1-4H,(H4,21,22,23,25,26). The van der Waals surface area contributed by atoms with Crippen LogP contribution in [0, 0.1) is 0 Å². The van der Waals surface area contributed by atoms with E-state index in [1.165, 1.54) is 0 Å². The Kier molecular flexibility index (Phi) is 3.85. The minimum atomic E-state index is -4.98. The molecule has 0 unspecified atom stereocenters. The van der Waals surface area contributed by atoms with Crippen LogP contribution < -0.4 is 11.5 Å². The van der Waals surface area contributed by atoms with Gasteiger partial charge in [0, 0.05) is 5.56 Å². The van der Waals surface area contributed by atoms with Crippen molar-refractivity contribution in [2.24, 2.45) is 0 Å². The van der Waals surface area contributed by atoms with Crippen LogP contribution in [0.25, 0.3) is 22.4 Å². The topological polar surface area (TPSA) is 104 Å². The summed E-state index contributed by atoms with van der Waals surface area (Å²) in [6.45, 7) is 0. The van der Waals surface area contributed by atoms with Crippen molar-refractivity contribution in [2.45, 2.75) is 12.4 Å². The van der Waals surface area contributed by atoms with Gasteiger partial charge in [0.15, 0.2) is 17.0 Å². The smallest absolute Gasteiger partial charge is 0.382 e. The van der Waals surface area contributed by atoms with Crippen LogP contribution in [-0.2, 0) is 12.4 Å². The van der Waals surface area contributed by atoms with Gasteiger partial charge in [-0.1, -0.05) is 0 Å². The summed E-state index contributed by atoms with van der Waals surface area (Å²) in [5.41, 5.74) is 7.24. The molecule has 1 aromatic carbocycles. The Labute approximate surface area is 140 Å². The van der Waals surface area contributed by atoms with E-state index in [0.717, 1.165) is 6.20 Å². The predicted octanol–water partition coefficient (Wildman–Crippen LogP) is 3.29. The molecule has 0 saturated carbocycles. The highest BCUT2D eigenvalue weighted by Gasteiger charge is 2.37. The van der Waals surface area contributed by atoms with E-state index in [-0.39, 0.29) is 34.7 Å². The van der Waals surface area contributed by atoms with Gasteiger partial charge in [-0.3, -0.25) is 0 Å². The molecule has 26 heavy (non-hydrogen) atoms. The molecular weight excluding hydrogens is 366 g/mol. The second-order valence-corrected chi connectivity index (χ2v) is 5.19. The van der Waals surface area contributed by atoms with Gasteiger partial charge in [0.05, 0.1) is 23.0 Å². The first-order valence-corrected chi connectivity index (χ1v) is 6.81. The van der Waals surface area contributed by atoms with E-state index in [1.54, 1.807) is 0 Å². The highest BCUT2D eigenvalue weighted by Crippen LogP contribution is 2.38. The van der Waals surface area contributed by atoms with Crippen LogP contribution in [0.2, 0.25) is 0 Å². The molecule has 0 bridgehead atoms. The third-order valence-corrected chi connectivity index (χ3v) is 3.33. The predicted molar refractivity (Wildman–Crippen MR) is 79.4 cm³/mol. The fourth-order valence-corrected chi connectivity index (χ4v) is 2.19. The second kappa shape index (κ2) is 5.68. The molecule has 3 aromatic rings. The SMILES string of the molecule is Nc1nc(N)c2nc(-c3cc(C(F)(F)F)cc(C(F)(F)F)c3)cnc2n1. The number of anilines is 2. The van der Waals surface area contributed by atoms with Crippen LogP contribution in [0.15, 0.2) is 24.4 Å². The third kappa shape index (κ3) is 3.30. The van der Waals surface area contributed by atoms with Gasteiger partial charge >= 0.3 is 12.4 Å². The van der Waals surface area contributed by atoms with Gasteiger partial charge in [-0.05, 0) is 18.2 Å². The Hall–Kier alpha value is -3.18. The molecule has 2 heterocycles. The lowest BCUT2D eigenvalue weighted by Gasteiger charge is -2.14. The molecule has 0 amide bonds. The van der Waals surface area contributed by atoms with Crippen molar-refractivity contribution in [2.75, 3.05) is 11.5 Å². The Morgan fingerprint density at radius 3 is 1.88 bits per heavy atom. The summed E-state index contributed by atoms with van der Waals surface area (Å²) < 4.78 is 77.7. The molecule has 0 fully saturated rings. The number of nitrogen functional groups attached to an aromatic ring is 2. The molecule has 4 N–H and O–H groups in total. The van der Waals surface area contributed by atoms with Crippen molar-refractivity contribution >= 4 is 22.9 Å². The molecule has 2 aromatic heterocycles. The highest BCUT2D eigenvalue weighted by atomic mass is 19.4. The van der Waals surface area contributed by atoms with Crippen LogP contribution in [0.4, 0.5) is 38.1 Å². The molecule has 0 aliphatic carbocycles. The second-order valence-electron chi connectivity index (χ2n) is 5.19. The summed E-state index contributed by atoms with van der Waals surface area (Å²) in [7, 11) is 0. The Morgan fingerprint density at radius 2 is 1.35 bits per heavy atom. The normalized spacial score (nSPS) is 12.5. The summed E-state index contributed by atoms with van der Waals surface area (Å²) >= 11 is 0. The largest absolute Gasteiger partial charge is 0.416 e. The average Bonchev–Trinajstić information content (AvgIpc) is 2.52. The molecule has 12 heteroatoms. The van der Waals surface area contributed by atoms with Gasteiger partial charge in [0.25, 0.3) is 0 Å². The summed E-state index contributed by atoms with van der Waals surface area (Å²) in [6, 6.07) is 1.11. The van der Waals surface area contributed by atoms with Crippen molar-refractivity contribution in [3.8, 4) is 11.3 Å². The van der Waals surface area contributed by atoms with Crippen LogP contribution in [0.5, 0.6) is 0 Å². The summed E-state index contributed by atoms with van der Waals surface area (Å²) in [6.07, 6.45) is -8.97. The monoisotopic (exact) mass is 374 g/mol. The number of nitrogens with two attached hydrogens (primary N) is 2. The first-order valence-electron chi connectivity index (χ1n) is 6.81. The van der Waals surface area contributed by atoms with Crippen molar-refractivity contribution in [1.29, 1.82) is 0 Å². The summed E-state index contributed by atoms with van der Waals surface area (Å²) in [5.74, 6) is -0.402. The highest BCUT2D eigenvalue weighted by molar-refractivity contribution is 5.83. The maximum atomic E-state index is 13.0. The number of nitrogens with zero attached hydrogens (tertiary/aromatic N) is 4. The number of halogens is 6. The number of rotatable bonds is 1. The molecule has 0 radical (unpaired) electrons. The maximum Gasteiger partial charge on any atom is 0.416 e. The number of aromatic nitrogens is 4. The van der Waals surface area contributed by atoms with E-state index in [1.807, 2.05) is 0 Å². The molecule has 0 aliphatic rings. The lowest BCUT2D eigenvalue weighted by atomic mass is 10.0. The van der Waals surface area contributed by atoms with Gasteiger partial charge in [-0.25, -0.2) is 9.97 Å². The maximum absolute atomic E-state index is 13.0. The number of alkyl halides is 6. The van der Waals surface area contributed by atoms with Crippen molar-refractivity contribution in [1.82, 2.24) is 19.9 Å². The number of benzene rings is 1. The molecule has 0 spiro atoms. The van der Waals surface area contributed by atoms with Crippen LogP contribution >= 0.6 is 0 Å². The first kappa shape index (κ1) is 17.6. The first-order chi connectivity index (χ1) is 11.9. The molecule has 3 rings (SSSR count). The number of fused-ring (bicyclic) bond motifs is 1. The van der Waals surface area contributed by atoms with Crippen LogP contribution in [0.1, 0.15) is 11.1 Å². The molecular formula is C14H8F6N6. The lowest BCUT2D eigenvalue weighted by molar-refractivity contribution is -0.143. The third-order valence-electron chi connectivity index (χ3n) is 3.33. The lowest BCUT2D eigenvalue weighted by Crippen LogP contribution is -2.11. The summed E-state index contributed by atoms with van der Waals surface area (Å²) in [4.78, 5) is 15.1. The quantitative estimate of drug-likeness (QED) is 0.634. The zero-order valence-electron chi connectivity index (χ0n) is 12.5. The molecule has 0 aliphatic heterocycles. The van der Waals surface area contributed by atoms with E-state index in [9.17, 15) is 26.3 Å². The van der Waals surface area contributed by atoms with Crippen molar-refractivity contribution < 1.29 is 26.3 Å². The van der Waals surface area contributed by atoms with Gasteiger partial charge in [-0.2, -0.15) is 36.3 Å². The Bertz CT molecular complexity index is 965. The minimum absolute atomic E-state index is 0.0240. The molecule has 0 atom stereocenters. The zero-order chi connectivity index (χ0) is 19.3. The van der Waals surface area contributed by atoms with Crippen LogP contribution in [0.3, 0.4) is 0 Å². The van der Waals surface area contributed by atoms with Crippen molar-refractivity contribution in [3.63, 3.8) is 0 Å². The van der Waals surface area contributed by atoms with E-state index in [2.05, 4.69) is 19.9 Å². The fourth-order valence-electron chi connectivity index (χ4n) is 2.19. The van der Waals surface area contributed by atoms with Gasteiger partial charge in [0.1, 0.15) is 0 Å². The number of hydrogen-bond acceptors (Lipinski definition) is 6. The molecule has 0 saturated heterocycles. The molecule has 136 valence electrons. The van der Waals surface area contributed by atoms with Crippen LogP contribution in [-0.4, -0.2) is 19.9 Å².